The molecule has 0 bridgehead atoms. The van der Waals surface area contributed by atoms with Gasteiger partial charge in [0.2, 0.25) is 10.0 Å². The molecule has 1 fully saturated rings. The van der Waals surface area contributed by atoms with Crippen LogP contribution in [0.3, 0.4) is 0 Å². The number of sulfonamides is 1. The Hall–Kier alpha value is -2.73. The first kappa shape index (κ1) is 26.9. The van der Waals surface area contributed by atoms with Crippen molar-refractivity contribution >= 4 is 21.6 Å². The van der Waals surface area contributed by atoms with Gasteiger partial charge in [-0.05, 0) is 87.0 Å². The highest BCUT2D eigenvalue weighted by atomic mass is 32.2. The van der Waals surface area contributed by atoms with Crippen molar-refractivity contribution in [3.63, 3.8) is 0 Å². The third-order valence-electron chi connectivity index (χ3n) is 6.66. The van der Waals surface area contributed by atoms with Crippen LogP contribution in [0.15, 0.2) is 48.5 Å². The van der Waals surface area contributed by atoms with Gasteiger partial charge in [-0.15, -0.1) is 0 Å². The van der Waals surface area contributed by atoms with Crippen molar-refractivity contribution in [2.24, 2.45) is 5.92 Å². The normalized spacial score (nSPS) is 16.1. The molecule has 3 rings (SSSR count). The highest BCUT2D eigenvalue weighted by molar-refractivity contribution is 7.88. The standard InChI is InChI=1S/C27H36N4O3S/c1-4-14-30(20-23-12-15-31(16-13-23)35(3,33)34)21(2)17-24-6-5-7-26(18-24)29-27(32)25-10-8-22(19-28)9-11-25/h5-11,18,21,23H,4,12-17,20H2,1-3H3,(H,29,32). The number of nitrogens with one attached hydrogen (secondary N) is 1. The van der Waals surface area contributed by atoms with Crippen LogP contribution >= 0.6 is 0 Å². The Morgan fingerprint density at radius 1 is 1.20 bits per heavy atom. The van der Waals surface area contributed by atoms with Crippen molar-refractivity contribution in [3.05, 3.63) is 65.2 Å². The predicted molar refractivity (Wildman–Crippen MR) is 140 cm³/mol. The number of nitriles is 1. The maximum atomic E-state index is 12.6. The molecule has 2 aromatic rings. The van der Waals surface area contributed by atoms with Crippen LogP contribution in [-0.2, 0) is 16.4 Å². The van der Waals surface area contributed by atoms with Crippen molar-refractivity contribution in [3.8, 4) is 6.07 Å². The molecule has 0 spiro atoms. The zero-order valence-corrected chi connectivity index (χ0v) is 21.7. The van der Waals surface area contributed by atoms with Crippen LogP contribution in [0.1, 0.15) is 54.6 Å². The number of nitrogens with zero attached hydrogens (tertiary/aromatic N) is 3. The first-order chi connectivity index (χ1) is 16.7. The number of hydrogen-bond donors (Lipinski definition) is 1. The summed E-state index contributed by atoms with van der Waals surface area (Å²) < 4.78 is 25.2. The summed E-state index contributed by atoms with van der Waals surface area (Å²) in [4.78, 5) is 15.1. The summed E-state index contributed by atoms with van der Waals surface area (Å²) in [5.41, 5.74) is 2.94. The lowest BCUT2D eigenvalue weighted by atomic mass is 9.96. The SMILES string of the molecule is CCCN(CC1CCN(S(C)(=O)=O)CC1)C(C)Cc1cccc(NC(=O)c2ccc(C#N)cc2)c1. The minimum Gasteiger partial charge on any atom is -0.322 e. The van der Waals surface area contributed by atoms with E-state index in [0.717, 1.165) is 50.0 Å². The van der Waals surface area contributed by atoms with Crippen LogP contribution in [0, 0.1) is 17.2 Å². The Labute approximate surface area is 209 Å². The largest absolute Gasteiger partial charge is 0.322 e. The van der Waals surface area contributed by atoms with Crippen LogP contribution in [0.25, 0.3) is 0 Å². The van der Waals surface area contributed by atoms with E-state index in [-0.39, 0.29) is 5.91 Å². The van der Waals surface area contributed by atoms with Crippen molar-refractivity contribution < 1.29 is 13.2 Å². The molecule has 35 heavy (non-hydrogen) atoms. The average Bonchev–Trinajstić information content (AvgIpc) is 2.84. The van der Waals surface area contributed by atoms with Crippen molar-refractivity contribution in [1.82, 2.24) is 9.21 Å². The minimum absolute atomic E-state index is 0.201. The second-order valence-electron chi connectivity index (χ2n) is 9.50. The zero-order chi connectivity index (χ0) is 25.4. The van der Waals surface area contributed by atoms with Crippen molar-refractivity contribution in [2.75, 3.05) is 37.8 Å². The molecule has 1 unspecified atom stereocenters. The zero-order valence-electron chi connectivity index (χ0n) is 20.9. The molecule has 1 N–H and O–H groups in total. The average molecular weight is 497 g/mol. The van der Waals surface area contributed by atoms with Gasteiger partial charge in [0.25, 0.3) is 5.91 Å². The maximum Gasteiger partial charge on any atom is 0.255 e. The molecule has 1 amide bonds. The maximum absolute atomic E-state index is 12.6. The van der Waals surface area contributed by atoms with Crippen LogP contribution in [-0.4, -0.2) is 62.0 Å². The highest BCUT2D eigenvalue weighted by Crippen LogP contribution is 2.23. The number of carbonyl (C=O) groups is 1. The molecule has 1 atom stereocenters. The molecule has 1 saturated heterocycles. The van der Waals surface area contributed by atoms with E-state index in [1.54, 1.807) is 28.6 Å². The van der Waals surface area contributed by atoms with Gasteiger partial charge in [-0.25, -0.2) is 12.7 Å². The molecule has 1 aliphatic rings. The van der Waals surface area contributed by atoms with E-state index in [1.807, 2.05) is 18.2 Å². The molecule has 0 aromatic heterocycles. The lowest BCUT2D eigenvalue weighted by Crippen LogP contribution is -2.44. The number of amides is 1. The number of rotatable bonds is 10. The Morgan fingerprint density at radius 3 is 2.49 bits per heavy atom. The molecule has 0 saturated carbocycles. The lowest BCUT2D eigenvalue weighted by molar-refractivity contribution is 0.102. The second-order valence-corrected chi connectivity index (χ2v) is 11.5. The summed E-state index contributed by atoms with van der Waals surface area (Å²) in [7, 11) is -3.10. The van der Waals surface area contributed by atoms with Gasteiger partial charge in [-0.3, -0.25) is 4.79 Å². The molecule has 1 aliphatic heterocycles. The fourth-order valence-electron chi connectivity index (χ4n) is 4.68. The molecular weight excluding hydrogens is 460 g/mol. The van der Waals surface area contributed by atoms with Crippen LogP contribution in [0.2, 0.25) is 0 Å². The number of carbonyl (C=O) groups excluding carboxylic acids is 1. The molecule has 0 radical (unpaired) electrons. The fourth-order valence-corrected chi connectivity index (χ4v) is 5.55. The van der Waals surface area contributed by atoms with E-state index < -0.39 is 10.0 Å². The van der Waals surface area contributed by atoms with Gasteiger partial charge in [0.1, 0.15) is 0 Å². The molecule has 0 aliphatic carbocycles. The van der Waals surface area contributed by atoms with E-state index in [9.17, 15) is 13.2 Å². The first-order valence-electron chi connectivity index (χ1n) is 12.3. The van der Waals surface area contributed by atoms with Crippen LogP contribution < -0.4 is 5.32 Å². The van der Waals surface area contributed by atoms with Gasteiger partial charge in [0.05, 0.1) is 17.9 Å². The third kappa shape index (κ3) is 7.89. The lowest BCUT2D eigenvalue weighted by Gasteiger charge is -2.36. The number of benzene rings is 2. The first-order valence-corrected chi connectivity index (χ1v) is 14.1. The highest BCUT2D eigenvalue weighted by Gasteiger charge is 2.27. The fraction of sp³-hybridized carbons (Fsp3) is 0.481. The van der Waals surface area contributed by atoms with Crippen molar-refractivity contribution in [2.45, 2.75) is 45.6 Å². The Balaban J connectivity index is 1.59. The van der Waals surface area contributed by atoms with E-state index in [1.165, 1.54) is 6.26 Å². The summed E-state index contributed by atoms with van der Waals surface area (Å²) in [6.45, 7) is 7.62. The molecule has 7 nitrogen and oxygen atoms in total. The number of anilines is 1. The van der Waals surface area contributed by atoms with Gasteiger partial charge in [0, 0.05) is 36.9 Å². The van der Waals surface area contributed by atoms with Gasteiger partial charge in [0.15, 0.2) is 0 Å². The second kappa shape index (κ2) is 12.3. The monoisotopic (exact) mass is 496 g/mol. The Morgan fingerprint density at radius 2 is 1.89 bits per heavy atom. The molecule has 1 heterocycles. The Kier molecular flexibility index (Phi) is 9.44. The summed E-state index contributed by atoms with van der Waals surface area (Å²) in [5.74, 6) is 0.299. The van der Waals surface area contributed by atoms with Crippen LogP contribution in [0.5, 0.6) is 0 Å². The van der Waals surface area contributed by atoms with Crippen LogP contribution in [0.4, 0.5) is 5.69 Å². The molecular formula is C27H36N4O3S. The van der Waals surface area contributed by atoms with Crippen molar-refractivity contribution in [1.29, 1.82) is 5.26 Å². The van der Waals surface area contributed by atoms with Gasteiger partial charge < -0.3 is 10.2 Å². The quantitative estimate of drug-likeness (QED) is 0.534. The summed E-state index contributed by atoms with van der Waals surface area (Å²) in [6.07, 6.45) is 5.02. The summed E-state index contributed by atoms with van der Waals surface area (Å²) in [5, 5.41) is 11.9. The molecule has 2 aromatic carbocycles. The minimum atomic E-state index is -3.10. The van der Waals surface area contributed by atoms with Gasteiger partial charge in [-0.2, -0.15) is 5.26 Å². The van der Waals surface area contributed by atoms with Gasteiger partial charge in [-0.1, -0.05) is 19.1 Å². The predicted octanol–water partition coefficient (Wildman–Crippen LogP) is 4.13. The number of piperidine rings is 1. The summed E-state index contributed by atoms with van der Waals surface area (Å²) >= 11 is 0. The third-order valence-corrected chi connectivity index (χ3v) is 7.96. The van der Waals surface area contributed by atoms with E-state index in [0.29, 0.717) is 36.2 Å². The smallest absolute Gasteiger partial charge is 0.255 e. The molecule has 8 heteroatoms. The van der Waals surface area contributed by atoms with E-state index >= 15 is 0 Å². The topological polar surface area (TPSA) is 93.5 Å². The van der Waals surface area contributed by atoms with E-state index in [2.05, 4.69) is 36.2 Å². The van der Waals surface area contributed by atoms with E-state index in [4.69, 9.17) is 5.26 Å². The van der Waals surface area contributed by atoms with Gasteiger partial charge >= 0.3 is 0 Å². The Bertz CT molecular complexity index is 1130. The number of hydrogen-bond acceptors (Lipinski definition) is 5. The summed E-state index contributed by atoms with van der Waals surface area (Å²) in [6, 6.07) is 16.9. The molecule has 188 valence electrons.